The fourth-order valence-electron chi connectivity index (χ4n) is 2.35. The number of nitrogens with zero attached hydrogens (tertiary/aromatic N) is 3. The minimum Gasteiger partial charge on any atom is -0.486 e. The molecule has 2 heterocycles. The van der Waals surface area contributed by atoms with Crippen LogP contribution in [0.2, 0.25) is 0 Å². The first-order valence-corrected chi connectivity index (χ1v) is 8.70. The maximum absolute atomic E-state index is 12.3. The number of likely N-dealkylation sites (N-methyl/N-ethyl adjacent to an activating group) is 1. The van der Waals surface area contributed by atoms with Gasteiger partial charge in [-0.2, -0.15) is 0 Å². The van der Waals surface area contributed by atoms with Crippen molar-refractivity contribution in [3.63, 3.8) is 0 Å². The Bertz CT molecular complexity index is 706. The number of aryl methyl sites for hydroxylation is 1. The number of fused-ring (bicyclic) bond motifs is 1. The highest BCUT2D eigenvalue weighted by molar-refractivity contribution is 7.15. The van der Waals surface area contributed by atoms with Crippen LogP contribution in [0.25, 0.3) is 0 Å². The number of amides is 2. The van der Waals surface area contributed by atoms with Crippen LogP contribution >= 0.6 is 11.3 Å². The Balaban J connectivity index is 1.53. The summed E-state index contributed by atoms with van der Waals surface area (Å²) in [5.74, 6) is 1.44. The third-order valence-corrected chi connectivity index (χ3v) is 4.43. The van der Waals surface area contributed by atoms with Gasteiger partial charge in [0.15, 0.2) is 17.6 Å². The first-order valence-electron chi connectivity index (χ1n) is 7.88. The van der Waals surface area contributed by atoms with E-state index in [1.807, 2.05) is 24.3 Å². The fourth-order valence-corrected chi connectivity index (χ4v) is 3.18. The number of rotatable bonds is 5. The molecule has 0 radical (unpaired) electrons. The molecule has 24 heavy (non-hydrogen) atoms. The van der Waals surface area contributed by atoms with Crippen LogP contribution in [-0.2, 0) is 6.42 Å². The number of aromatic nitrogens is 2. The Morgan fingerprint density at radius 1 is 1.38 bits per heavy atom. The number of nitrogens with one attached hydrogen (secondary N) is 1. The Morgan fingerprint density at radius 2 is 2.17 bits per heavy atom. The van der Waals surface area contributed by atoms with E-state index in [2.05, 4.69) is 22.4 Å². The summed E-state index contributed by atoms with van der Waals surface area (Å²) in [7, 11) is 1.72. The average Bonchev–Trinajstić information content (AvgIpc) is 3.02. The van der Waals surface area contributed by atoms with Crippen molar-refractivity contribution >= 4 is 22.5 Å². The van der Waals surface area contributed by atoms with E-state index in [4.69, 9.17) is 9.47 Å². The minimum absolute atomic E-state index is 0.208. The molecule has 0 unspecified atom stereocenters. The zero-order chi connectivity index (χ0) is 16.9. The number of carbonyl (C=O) groups excluding carboxylic acids is 1. The van der Waals surface area contributed by atoms with Crippen molar-refractivity contribution in [1.29, 1.82) is 0 Å². The predicted molar refractivity (Wildman–Crippen MR) is 91.9 cm³/mol. The molecule has 0 saturated heterocycles. The van der Waals surface area contributed by atoms with Crippen molar-refractivity contribution in [3.05, 3.63) is 29.3 Å². The minimum atomic E-state index is -0.239. The van der Waals surface area contributed by atoms with Gasteiger partial charge in [-0.05, 0) is 18.6 Å². The Labute approximate surface area is 144 Å². The summed E-state index contributed by atoms with van der Waals surface area (Å²) >= 11 is 1.40. The van der Waals surface area contributed by atoms with Crippen LogP contribution in [0.3, 0.4) is 0 Å². The van der Waals surface area contributed by atoms with Crippen LogP contribution in [0.5, 0.6) is 11.5 Å². The maximum Gasteiger partial charge on any atom is 0.323 e. The second-order valence-corrected chi connectivity index (χ2v) is 6.62. The molecule has 1 N–H and O–H groups in total. The van der Waals surface area contributed by atoms with E-state index >= 15 is 0 Å². The molecule has 7 nitrogen and oxygen atoms in total. The zero-order valence-corrected chi connectivity index (χ0v) is 14.5. The molecule has 1 atom stereocenters. The molecule has 1 aromatic heterocycles. The normalized spacial score (nSPS) is 15.8. The molecule has 0 spiro atoms. The topological polar surface area (TPSA) is 76.6 Å². The zero-order valence-electron chi connectivity index (χ0n) is 13.7. The van der Waals surface area contributed by atoms with E-state index in [9.17, 15) is 4.79 Å². The van der Waals surface area contributed by atoms with Gasteiger partial charge in [0.25, 0.3) is 0 Å². The second-order valence-electron chi connectivity index (χ2n) is 5.56. The quantitative estimate of drug-likeness (QED) is 0.899. The summed E-state index contributed by atoms with van der Waals surface area (Å²) in [6, 6.07) is 7.28. The summed E-state index contributed by atoms with van der Waals surface area (Å²) in [5.41, 5.74) is 0. The number of hydrogen-bond donors (Lipinski definition) is 1. The molecule has 0 fully saturated rings. The Kier molecular flexibility index (Phi) is 5.14. The summed E-state index contributed by atoms with van der Waals surface area (Å²) in [5, 5.41) is 12.2. The van der Waals surface area contributed by atoms with Crippen LogP contribution in [0.4, 0.5) is 9.93 Å². The lowest BCUT2D eigenvalue weighted by atomic mass is 10.2. The fraction of sp³-hybridized carbons (Fsp3) is 0.438. The van der Waals surface area contributed by atoms with Gasteiger partial charge in [-0.25, -0.2) is 4.79 Å². The van der Waals surface area contributed by atoms with Crippen molar-refractivity contribution in [2.75, 3.05) is 25.5 Å². The molecule has 2 aromatic rings. The molecular weight excluding hydrogens is 328 g/mol. The Morgan fingerprint density at radius 3 is 2.96 bits per heavy atom. The molecule has 2 amide bonds. The van der Waals surface area contributed by atoms with Crippen LogP contribution in [0.1, 0.15) is 18.4 Å². The first-order chi connectivity index (χ1) is 11.7. The molecule has 0 bridgehead atoms. The number of urea groups is 1. The van der Waals surface area contributed by atoms with E-state index in [0.717, 1.165) is 23.6 Å². The third kappa shape index (κ3) is 3.94. The average molecular weight is 348 g/mol. The van der Waals surface area contributed by atoms with Gasteiger partial charge in [-0.3, -0.25) is 5.32 Å². The van der Waals surface area contributed by atoms with Gasteiger partial charge >= 0.3 is 6.03 Å². The summed E-state index contributed by atoms with van der Waals surface area (Å²) in [6.07, 6.45) is 1.67. The van der Waals surface area contributed by atoms with Crippen molar-refractivity contribution in [3.8, 4) is 11.5 Å². The molecular formula is C16H20N4O3S. The second kappa shape index (κ2) is 7.48. The standard InChI is InChI=1S/C16H20N4O3S/c1-3-6-14-18-19-15(24-14)17-16(21)20(2)9-11-10-22-12-7-4-5-8-13(12)23-11/h4-5,7-8,11H,3,6,9-10H2,1-2H3,(H,17,19,21)/t11-/m1/s1. The number of anilines is 1. The van der Waals surface area contributed by atoms with E-state index in [1.165, 1.54) is 11.3 Å². The largest absolute Gasteiger partial charge is 0.486 e. The Hall–Kier alpha value is -2.35. The van der Waals surface area contributed by atoms with Crippen LogP contribution < -0.4 is 14.8 Å². The van der Waals surface area contributed by atoms with E-state index in [0.29, 0.717) is 24.0 Å². The van der Waals surface area contributed by atoms with Gasteiger partial charge in [0.2, 0.25) is 5.13 Å². The number of hydrogen-bond acceptors (Lipinski definition) is 6. The predicted octanol–water partition coefficient (Wildman–Crippen LogP) is 2.79. The van der Waals surface area contributed by atoms with Gasteiger partial charge in [-0.15, -0.1) is 10.2 Å². The van der Waals surface area contributed by atoms with Crippen molar-refractivity contribution < 1.29 is 14.3 Å². The van der Waals surface area contributed by atoms with Crippen molar-refractivity contribution in [2.45, 2.75) is 25.9 Å². The van der Waals surface area contributed by atoms with Crippen LogP contribution in [0.15, 0.2) is 24.3 Å². The number of para-hydroxylation sites is 2. The smallest absolute Gasteiger partial charge is 0.323 e. The van der Waals surface area contributed by atoms with Gasteiger partial charge < -0.3 is 14.4 Å². The van der Waals surface area contributed by atoms with Crippen LogP contribution in [-0.4, -0.2) is 47.4 Å². The molecule has 1 aromatic carbocycles. The SMILES string of the molecule is CCCc1nnc(NC(=O)N(C)C[C@@H]2COc3ccccc3O2)s1. The van der Waals surface area contributed by atoms with Crippen LogP contribution in [0, 0.1) is 0 Å². The van der Waals surface area contributed by atoms with Gasteiger partial charge in [0.1, 0.15) is 11.6 Å². The maximum atomic E-state index is 12.3. The molecule has 3 rings (SSSR count). The van der Waals surface area contributed by atoms with Gasteiger partial charge in [0.05, 0.1) is 6.54 Å². The van der Waals surface area contributed by atoms with E-state index < -0.39 is 0 Å². The lowest BCUT2D eigenvalue weighted by Crippen LogP contribution is -2.43. The van der Waals surface area contributed by atoms with E-state index in [-0.39, 0.29) is 12.1 Å². The van der Waals surface area contributed by atoms with Gasteiger partial charge in [0, 0.05) is 13.5 Å². The molecule has 0 aliphatic carbocycles. The lowest BCUT2D eigenvalue weighted by molar-refractivity contribution is 0.0731. The molecule has 0 saturated carbocycles. The van der Waals surface area contributed by atoms with Gasteiger partial charge in [-0.1, -0.05) is 30.4 Å². The highest BCUT2D eigenvalue weighted by atomic mass is 32.1. The highest BCUT2D eigenvalue weighted by Gasteiger charge is 2.24. The van der Waals surface area contributed by atoms with Crippen molar-refractivity contribution in [1.82, 2.24) is 15.1 Å². The summed E-state index contributed by atoms with van der Waals surface area (Å²) in [6.45, 7) is 2.91. The third-order valence-electron chi connectivity index (χ3n) is 3.54. The number of carbonyl (C=O) groups is 1. The number of ether oxygens (including phenoxy) is 2. The van der Waals surface area contributed by atoms with E-state index in [1.54, 1.807) is 11.9 Å². The molecule has 1 aliphatic rings. The summed E-state index contributed by atoms with van der Waals surface area (Å²) in [4.78, 5) is 13.8. The molecule has 8 heteroatoms. The highest BCUT2D eigenvalue weighted by Crippen LogP contribution is 2.31. The monoisotopic (exact) mass is 348 g/mol. The summed E-state index contributed by atoms with van der Waals surface area (Å²) < 4.78 is 11.5. The number of benzene rings is 1. The lowest BCUT2D eigenvalue weighted by Gasteiger charge is -2.29. The molecule has 1 aliphatic heterocycles. The molecule has 128 valence electrons. The van der Waals surface area contributed by atoms with Crippen molar-refractivity contribution in [2.24, 2.45) is 0 Å². The first kappa shape index (κ1) is 16.5.